The minimum Gasteiger partial charge on any atom is -0.384 e. The molecule has 2 aromatic carbocycles. The minimum absolute atomic E-state index is 0.278. The lowest BCUT2D eigenvalue weighted by Crippen LogP contribution is -2.22. The molecule has 284 valence electrons. The molecule has 0 spiro atoms. The van der Waals surface area contributed by atoms with E-state index in [1.807, 2.05) is 6.08 Å². The monoisotopic (exact) mass is 747 g/mol. The van der Waals surface area contributed by atoms with E-state index < -0.39 is 6.10 Å². The van der Waals surface area contributed by atoms with Crippen molar-refractivity contribution in [1.29, 1.82) is 0 Å². The Balaban J connectivity index is 1.22. The van der Waals surface area contributed by atoms with Gasteiger partial charge in [0.2, 0.25) is 0 Å². The first-order valence-electron chi connectivity index (χ1n) is 20.6. The van der Waals surface area contributed by atoms with Crippen molar-refractivity contribution in [2.75, 3.05) is 0 Å². The highest BCUT2D eigenvalue weighted by Crippen LogP contribution is 2.38. The molecule has 0 aliphatic heterocycles. The lowest BCUT2D eigenvalue weighted by atomic mass is 9.79. The molecule has 2 aromatic heterocycles. The van der Waals surface area contributed by atoms with Crippen LogP contribution in [0, 0.1) is 0 Å². The van der Waals surface area contributed by atoms with Gasteiger partial charge in [0.25, 0.3) is 0 Å². The molecule has 6 nitrogen and oxygen atoms in total. The molecular weight excluding hydrogens is 699 g/mol. The van der Waals surface area contributed by atoms with Crippen LogP contribution in [0.4, 0.5) is 0 Å². The summed E-state index contributed by atoms with van der Waals surface area (Å²) in [5.74, 6) is 1.66. The van der Waals surface area contributed by atoms with Gasteiger partial charge in [0.1, 0.15) is 0 Å². The number of benzene rings is 2. The van der Waals surface area contributed by atoms with Crippen molar-refractivity contribution >= 4 is 22.7 Å². The Morgan fingerprint density at radius 2 is 1.63 bits per heavy atom. The maximum Gasteiger partial charge on any atom is 0.160 e. The maximum absolute atomic E-state index is 11.3. The molecule has 2 unspecified atom stereocenters. The Morgan fingerprint density at radius 3 is 2.44 bits per heavy atom. The van der Waals surface area contributed by atoms with E-state index in [1.165, 1.54) is 5.56 Å². The number of para-hydroxylation sites is 1. The third kappa shape index (κ3) is 7.79. The molecule has 0 amide bonds. The van der Waals surface area contributed by atoms with E-state index in [9.17, 15) is 5.11 Å². The first-order valence-corrected chi connectivity index (χ1v) is 20.6. The molecule has 57 heavy (non-hydrogen) atoms. The van der Waals surface area contributed by atoms with Gasteiger partial charge in [0, 0.05) is 39.0 Å². The zero-order valence-electron chi connectivity index (χ0n) is 32.7. The molecule has 0 bridgehead atoms. The van der Waals surface area contributed by atoms with Crippen LogP contribution in [0.1, 0.15) is 92.4 Å². The van der Waals surface area contributed by atoms with Crippen LogP contribution in [0.25, 0.3) is 39.8 Å². The Hall–Kier alpha value is -5.85. The summed E-state index contributed by atoms with van der Waals surface area (Å²) in [5.41, 5.74) is 10.8. The summed E-state index contributed by atoms with van der Waals surface area (Å²) in [6, 6.07) is 14.9. The van der Waals surface area contributed by atoms with E-state index in [0.29, 0.717) is 18.2 Å². The second-order valence-corrected chi connectivity index (χ2v) is 15.9. The predicted molar refractivity (Wildman–Crippen MR) is 234 cm³/mol. The van der Waals surface area contributed by atoms with Crippen LogP contribution >= 0.6 is 0 Å². The highest BCUT2D eigenvalue weighted by atomic mass is 16.3. The molecule has 1 N–H and O–H groups in total. The molecule has 2 heterocycles. The fourth-order valence-electron chi connectivity index (χ4n) is 8.71. The molecule has 0 radical (unpaired) electrons. The van der Waals surface area contributed by atoms with E-state index in [-0.39, 0.29) is 11.3 Å². The van der Waals surface area contributed by atoms with Crippen LogP contribution in [-0.2, 0) is 18.4 Å². The summed E-state index contributed by atoms with van der Waals surface area (Å²) in [5, 5.41) is 12.3. The topological polar surface area (TPSA) is 84.2 Å². The second kappa shape index (κ2) is 16.3. The molecule has 5 aliphatic carbocycles. The maximum atomic E-state index is 11.3. The van der Waals surface area contributed by atoms with Gasteiger partial charge in [-0.25, -0.2) is 19.9 Å². The van der Waals surface area contributed by atoms with E-state index in [4.69, 9.17) is 24.9 Å². The average Bonchev–Trinajstić information content (AvgIpc) is 3.66. The van der Waals surface area contributed by atoms with Crippen molar-refractivity contribution in [1.82, 2.24) is 19.9 Å². The Morgan fingerprint density at radius 1 is 0.807 bits per heavy atom. The number of hydrogen-bond donors (Lipinski definition) is 1. The van der Waals surface area contributed by atoms with Crippen molar-refractivity contribution < 1.29 is 5.11 Å². The smallest absolute Gasteiger partial charge is 0.160 e. The highest BCUT2D eigenvalue weighted by Gasteiger charge is 2.29. The van der Waals surface area contributed by atoms with Crippen molar-refractivity contribution in [2.24, 2.45) is 4.99 Å². The summed E-state index contributed by atoms with van der Waals surface area (Å²) in [6.07, 6.45) is 42.1. The summed E-state index contributed by atoms with van der Waals surface area (Å²) < 4.78 is 0. The van der Waals surface area contributed by atoms with Crippen LogP contribution in [0.5, 0.6) is 0 Å². The van der Waals surface area contributed by atoms with Crippen LogP contribution in [0.15, 0.2) is 150 Å². The fraction of sp³-hybridized carbons (Fsp3) is 0.275. The normalized spacial score (nSPS) is 22.0. The quantitative estimate of drug-likeness (QED) is 0.143. The number of nitrogens with zero attached hydrogens (tertiary/aromatic N) is 5. The standard InChI is InChI=1S/C51H49N5O/c1-51(29-17-6-18-30-51)48-41-24-14-16-27-44(41)54-50(56-48)39-32-35(34-52-46(36-19-9-4-10-20-36)42-25-11-5-12-28-45(42)57)31-38(33-39)49-53-43-26-15-13-23-40(43)47(55-49)37-21-7-2-3-8-22-37/h2-4,6-9,12,14-18,20,24-29,31-33,37,45,57H,5,10-11,13,19,21-23,30,34H2,1H3. The van der Waals surface area contributed by atoms with Gasteiger partial charge in [-0.05, 0) is 99.3 Å². The predicted octanol–water partition coefficient (Wildman–Crippen LogP) is 11.3. The van der Waals surface area contributed by atoms with Crippen molar-refractivity contribution in [2.45, 2.75) is 88.7 Å². The van der Waals surface area contributed by atoms with E-state index >= 15 is 0 Å². The number of fused-ring (bicyclic) bond motifs is 2. The Kier molecular flexibility index (Phi) is 10.5. The fourth-order valence-corrected chi connectivity index (χ4v) is 8.71. The number of rotatable bonds is 8. The van der Waals surface area contributed by atoms with E-state index in [1.54, 1.807) is 0 Å². The van der Waals surface area contributed by atoms with Crippen LogP contribution < -0.4 is 0 Å². The number of aliphatic hydroxyl groups excluding tert-OH is 1. The molecule has 0 saturated heterocycles. The SMILES string of the molecule is CC1(c2nc(-c3cc(CN=C(C4=CCC=CC4)C4=CCCC=CC4O)cc(-c4nc5c(c(C6CC=CC=CC6)n4)CCC=C5)c3)nc3ccccc23)C=CC=CC1. The average molecular weight is 748 g/mol. The molecule has 4 aromatic rings. The number of aliphatic hydroxyl groups is 1. The molecule has 5 aliphatic rings. The van der Waals surface area contributed by atoms with Gasteiger partial charge in [0.05, 0.1) is 41.0 Å². The molecule has 2 atom stereocenters. The first-order chi connectivity index (χ1) is 28.0. The molecular formula is C51H49N5O. The lowest BCUT2D eigenvalue weighted by Gasteiger charge is -2.27. The van der Waals surface area contributed by atoms with Gasteiger partial charge >= 0.3 is 0 Å². The summed E-state index contributed by atoms with van der Waals surface area (Å²) >= 11 is 0. The molecule has 0 saturated carbocycles. The van der Waals surface area contributed by atoms with E-state index in [2.05, 4.69) is 141 Å². The van der Waals surface area contributed by atoms with Gasteiger partial charge in [-0.15, -0.1) is 0 Å². The van der Waals surface area contributed by atoms with Gasteiger partial charge in [0.15, 0.2) is 11.6 Å². The number of aromatic nitrogens is 4. The van der Waals surface area contributed by atoms with Crippen LogP contribution in [0.2, 0.25) is 0 Å². The van der Waals surface area contributed by atoms with Crippen molar-refractivity contribution in [3.05, 3.63) is 173 Å². The largest absolute Gasteiger partial charge is 0.384 e. The Labute approximate surface area is 336 Å². The summed E-state index contributed by atoms with van der Waals surface area (Å²) in [7, 11) is 0. The van der Waals surface area contributed by atoms with Gasteiger partial charge in [-0.1, -0.05) is 116 Å². The number of aliphatic imine (C=N–C) groups is 1. The number of allylic oxidation sites excluding steroid dienone is 15. The van der Waals surface area contributed by atoms with Crippen molar-refractivity contribution in [3.63, 3.8) is 0 Å². The third-order valence-corrected chi connectivity index (χ3v) is 11.8. The third-order valence-electron chi connectivity index (χ3n) is 11.8. The van der Waals surface area contributed by atoms with Gasteiger partial charge in [-0.2, -0.15) is 0 Å². The van der Waals surface area contributed by atoms with Crippen LogP contribution in [-0.4, -0.2) is 36.9 Å². The lowest BCUT2D eigenvalue weighted by molar-refractivity contribution is 0.265. The van der Waals surface area contributed by atoms with Crippen LogP contribution in [0.3, 0.4) is 0 Å². The van der Waals surface area contributed by atoms with Gasteiger partial charge in [-0.3, -0.25) is 4.99 Å². The number of hydrogen-bond acceptors (Lipinski definition) is 6. The molecule has 9 rings (SSSR count). The zero-order chi connectivity index (χ0) is 38.6. The molecule has 0 fully saturated rings. The van der Waals surface area contributed by atoms with Gasteiger partial charge < -0.3 is 5.11 Å². The minimum atomic E-state index is -0.696. The highest BCUT2D eigenvalue weighted by molar-refractivity contribution is 6.13. The summed E-state index contributed by atoms with van der Waals surface area (Å²) in [4.78, 5) is 26.7. The first kappa shape index (κ1) is 36.8. The Bertz CT molecular complexity index is 2510. The second-order valence-electron chi connectivity index (χ2n) is 15.9. The summed E-state index contributed by atoms with van der Waals surface area (Å²) in [6.45, 7) is 2.67. The molecule has 6 heteroatoms. The van der Waals surface area contributed by atoms with E-state index in [0.717, 1.165) is 119 Å². The zero-order valence-corrected chi connectivity index (χ0v) is 32.7. The van der Waals surface area contributed by atoms with Crippen molar-refractivity contribution in [3.8, 4) is 22.8 Å².